The molecule has 208 valence electrons. The molecule has 0 aliphatic carbocycles. The summed E-state index contributed by atoms with van der Waals surface area (Å²) in [5.41, 5.74) is 1.84. The third-order valence-corrected chi connectivity index (χ3v) is 7.87. The van der Waals surface area contributed by atoms with Gasteiger partial charge in [0.25, 0.3) is 17.4 Å². The Labute approximate surface area is 239 Å². The average Bonchev–Trinajstić information content (AvgIpc) is 2.94. The zero-order valence-corrected chi connectivity index (χ0v) is 22.5. The molecular formula is C31H25ClF2N4O3. The molecule has 6 rings (SSSR count). The van der Waals surface area contributed by atoms with E-state index < -0.39 is 29.0 Å². The number of hydrogen-bond donors (Lipinski definition) is 2. The summed E-state index contributed by atoms with van der Waals surface area (Å²) < 4.78 is 30.7. The van der Waals surface area contributed by atoms with Crippen LogP contribution in [0.2, 0.25) is 5.02 Å². The topological polar surface area (TPSA) is 83.4 Å². The maximum atomic E-state index is 14.5. The molecule has 0 radical (unpaired) electrons. The molecule has 2 aliphatic heterocycles. The maximum Gasteiger partial charge on any atom is 0.261 e. The molecule has 1 fully saturated rings. The summed E-state index contributed by atoms with van der Waals surface area (Å²) in [5.74, 6) is -3.12. The highest BCUT2D eigenvalue weighted by molar-refractivity contribution is 6.30. The first kappa shape index (κ1) is 26.7. The van der Waals surface area contributed by atoms with Crippen LogP contribution >= 0.6 is 11.6 Å². The van der Waals surface area contributed by atoms with Crippen LogP contribution in [0, 0.1) is 17.6 Å². The van der Waals surface area contributed by atoms with Gasteiger partial charge in [-0.1, -0.05) is 23.7 Å². The Bertz CT molecular complexity index is 1700. The van der Waals surface area contributed by atoms with Crippen LogP contribution < -0.4 is 21.1 Å². The van der Waals surface area contributed by atoms with Gasteiger partial charge in [0.05, 0.1) is 11.4 Å². The summed E-state index contributed by atoms with van der Waals surface area (Å²) in [6.45, 7) is 1.74. The fraction of sp³-hybridized carbons (Fsp3) is 0.194. The number of piperidine rings is 1. The Balaban J connectivity index is 1.35. The number of carbonyl (C=O) groups excluding carboxylic acids is 2. The van der Waals surface area contributed by atoms with E-state index in [0.717, 1.165) is 24.2 Å². The molecule has 2 N–H and O–H groups in total. The van der Waals surface area contributed by atoms with Gasteiger partial charge in [-0.3, -0.25) is 14.4 Å². The van der Waals surface area contributed by atoms with Crippen LogP contribution in [0.4, 0.5) is 25.8 Å². The number of nitrogens with one attached hydrogen (secondary N) is 2. The molecule has 10 heteroatoms. The minimum Gasteiger partial charge on any atom is -0.369 e. The van der Waals surface area contributed by atoms with Crippen molar-refractivity contribution in [1.29, 1.82) is 0 Å². The highest BCUT2D eigenvalue weighted by Crippen LogP contribution is 2.39. The second-order valence-electron chi connectivity index (χ2n) is 10.3. The normalized spacial score (nSPS) is 17.5. The smallest absolute Gasteiger partial charge is 0.261 e. The zero-order chi connectivity index (χ0) is 28.7. The molecule has 7 nitrogen and oxygen atoms in total. The maximum absolute atomic E-state index is 14.5. The molecule has 1 aromatic heterocycles. The van der Waals surface area contributed by atoms with Gasteiger partial charge in [-0.2, -0.15) is 0 Å². The van der Waals surface area contributed by atoms with Gasteiger partial charge in [0, 0.05) is 53.6 Å². The number of hydrogen-bond acceptors (Lipinski definition) is 4. The molecule has 2 atom stereocenters. The third kappa shape index (κ3) is 5.32. The van der Waals surface area contributed by atoms with Crippen molar-refractivity contribution in [2.24, 2.45) is 5.92 Å². The summed E-state index contributed by atoms with van der Waals surface area (Å²) >= 11 is 5.94. The van der Waals surface area contributed by atoms with Crippen LogP contribution in [0.3, 0.4) is 0 Å². The van der Waals surface area contributed by atoms with Crippen molar-refractivity contribution in [3.63, 3.8) is 0 Å². The molecule has 2 unspecified atom stereocenters. The summed E-state index contributed by atoms with van der Waals surface area (Å²) in [5, 5.41) is 5.96. The molecular weight excluding hydrogens is 550 g/mol. The van der Waals surface area contributed by atoms with Gasteiger partial charge in [0.15, 0.2) is 0 Å². The Morgan fingerprint density at radius 3 is 2.32 bits per heavy atom. The van der Waals surface area contributed by atoms with E-state index in [9.17, 15) is 23.2 Å². The summed E-state index contributed by atoms with van der Waals surface area (Å²) in [6.07, 6.45) is 0.920. The van der Waals surface area contributed by atoms with E-state index in [1.807, 2.05) is 10.6 Å². The lowest BCUT2D eigenvalue weighted by Crippen LogP contribution is -2.47. The highest BCUT2D eigenvalue weighted by atomic mass is 35.5. The Morgan fingerprint density at radius 1 is 0.829 bits per heavy atom. The lowest BCUT2D eigenvalue weighted by Gasteiger charge is -2.44. The van der Waals surface area contributed by atoms with E-state index in [-0.39, 0.29) is 28.6 Å². The first-order valence-electron chi connectivity index (χ1n) is 13.2. The number of rotatable bonds is 5. The zero-order valence-electron chi connectivity index (χ0n) is 21.7. The number of pyridine rings is 1. The van der Waals surface area contributed by atoms with E-state index in [0.29, 0.717) is 36.0 Å². The number of amides is 2. The summed E-state index contributed by atoms with van der Waals surface area (Å²) in [7, 11) is 0. The van der Waals surface area contributed by atoms with E-state index in [4.69, 9.17) is 11.6 Å². The third-order valence-electron chi connectivity index (χ3n) is 7.62. The number of fused-ring (bicyclic) bond motifs is 4. The fourth-order valence-electron chi connectivity index (χ4n) is 5.78. The lowest BCUT2D eigenvalue weighted by atomic mass is 9.83. The van der Waals surface area contributed by atoms with Crippen LogP contribution in [0.5, 0.6) is 0 Å². The van der Waals surface area contributed by atoms with Crippen molar-refractivity contribution in [1.82, 2.24) is 4.57 Å². The number of nitrogens with zero attached hydrogens (tertiary/aromatic N) is 2. The second-order valence-corrected chi connectivity index (χ2v) is 10.8. The standard InChI is InChI=1S/C31H25ClF2N4O3/c32-21-8-10-22(11-9-21)35-30(40)19-7-12-27(25(14-19)36-31(41)29-23(33)3-1-4-24(29)34)37-15-18-13-20(17-37)26-5-2-6-28(39)38(26)16-18/h1-12,14,18,20H,13,15-17H2,(H,35,40)(H,36,41). The molecule has 2 bridgehead atoms. The van der Waals surface area contributed by atoms with Crippen molar-refractivity contribution < 1.29 is 18.4 Å². The molecule has 0 spiro atoms. The first-order chi connectivity index (χ1) is 19.8. The Morgan fingerprint density at radius 2 is 1.56 bits per heavy atom. The molecule has 2 aliphatic rings. The van der Waals surface area contributed by atoms with Crippen LogP contribution in [0.15, 0.2) is 83.7 Å². The first-order valence-corrected chi connectivity index (χ1v) is 13.6. The molecule has 2 amide bonds. The molecule has 3 heterocycles. The predicted molar refractivity (Wildman–Crippen MR) is 154 cm³/mol. The molecule has 4 aromatic rings. The number of benzene rings is 3. The second kappa shape index (κ2) is 10.8. The van der Waals surface area contributed by atoms with Gasteiger partial charge in [0.1, 0.15) is 17.2 Å². The van der Waals surface area contributed by atoms with E-state index in [2.05, 4.69) is 15.5 Å². The largest absolute Gasteiger partial charge is 0.369 e. The number of halogens is 3. The molecule has 41 heavy (non-hydrogen) atoms. The minimum atomic E-state index is -0.991. The van der Waals surface area contributed by atoms with Crippen LogP contribution in [-0.4, -0.2) is 29.5 Å². The molecule has 0 saturated carbocycles. The van der Waals surface area contributed by atoms with Gasteiger partial charge in [-0.25, -0.2) is 8.78 Å². The van der Waals surface area contributed by atoms with Crippen molar-refractivity contribution in [2.45, 2.75) is 18.9 Å². The van der Waals surface area contributed by atoms with Crippen LogP contribution in [-0.2, 0) is 6.54 Å². The molecule has 1 saturated heterocycles. The van der Waals surface area contributed by atoms with Gasteiger partial charge >= 0.3 is 0 Å². The number of carbonyl (C=O) groups is 2. The predicted octanol–water partition coefficient (Wildman–Crippen LogP) is 5.91. The van der Waals surface area contributed by atoms with Crippen LogP contribution in [0.25, 0.3) is 0 Å². The van der Waals surface area contributed by atoms with E-state index in [1.54, 1.807) is 48.5 Å². The fourth-order valence-corrected chi connectivity index (χ4v) is 5.91. The number of anilines is 3. The van der Waals surface area contributed by atoms with Gasteiger partial charge in [0.2, 0.25) is 0 Å². The van der Waals surface area contributed by atoms with Crippen molar-refractivity contribution in [2.75, 3.05) is 28.6 Å². The summed E-state index contributed by atoms with van der Waals surface area (Å²) in [4.78, 5) is 40.8. The lowest BCUT2D eigenvalue weighted by molar-refractivity contribution is 0.101. The average molecular weight is 575 g/mol. The van der Waals surface area contributed by atoms with Gasteiger partial charge < -0.3 is 20.1 Å². The minimum absolute atomic E-state index is 0.0263. The Hall–Kier alpha value is -4.50. The Kier molecular flexibility index (Phi) is 7.05. The van der Waals surface area contributed by atoms with E-state index >= 15 is 0 Å². The quantitative estimate of drug-likeness (QED) is 0.310. The summed E-state index contributed by atoms with van der Waals surface area (Å²) in [6, 6.07) is 20.0. The van der Waals surface area contributed by atoms with Gasteiger partial charge in [-0.05, 0) is 73.0 Å². The van der Waals surface area contributed by atoms with Crippen molar-refractivity contribution >= 4 is 40.5 Å². The van der Waals surface area contributed by atoms with Crippen molar-refractivity contribution in [3.8, 4) is 0 Å². The highest BCUT2D eigenvalue weighted by Gasteiger charge is 2.35. The van der Waals surface area contributed by atoms with E-state index in [1.165, 1.54) is 12.1 Å². The number of aromatic nitrogens is 1. The molecule has 3 aromatic carbocycles. The monoisotopic (exact) mass is 574 g/mol. The van der Waals surface area contributed by atoms with Crippen LogP contribution in [0.1, 0.15) is 38.7 Å². The van der Waals surface area contributed by atoms with Gasteiger partial charge in [-0.15, -0.1) is 0 Å². The SMILES string of the molecule is O=C(Nc1ccc(Cl)cc1)c1ccc(N2CC3CC(C2)c2cccc(=O)n2C3)c(NC(=O)c2c(F)cccc2F)c1. The van der Waals surface area contributed by atoms with Crippen molar-refractivity contribution in [3.05, 3.63) is 123 Å².